The molecule has 0 radical (unpaired) electrons. The van der Waals surface area contributed by atoms with Crippen molar-refractivity contribution in [2.75, 3.05) is 32.2 Å². The number of carbonyl (C=O) groups is 1. The molecule has 0 aliphatic carbocycles. The van der Waals surface area contributed by atoms with E-state index >= 15 is 0 Å². The van der Waals surface area contributed by atoms with Gasteiger partial charge in [-0.25, -0.2) is 0 Å². The highest BCUT2D eigenvalue weighted by atomic mass is 16.5. The van der Waals surface area contributed by atoms with Crippen LogP contribution in [0.15, 0.2) is 48.5 Å². The Balaban J connectivity index is 1.66. The third-order valence-electron chi connectivity index (χ3n) is 5.18. The summed E-state index contributed by atoms with van der Waals surface area (Å²) >= 11 is 0. The van der Waals surface area contributed by atoms with Crippen LogP contribution < -0.4 is 14.4 Å². The van der Waals surface area contributed by atoms with Gasteiger partial charge in [-0.3, -0.25) is 9.69 Å². The van der Waals surface area contributed by atoms with Crippen LogP contribution >= 0.6 is 0 Å². The van der Waals surface area contributed by atoms with Gasteiger partial charge in [0.15, 0.2) is 0 Å². The summed E-state index contributed by atoms with van der Waals surface area (Å²) in [5.74, 6) is 1.78. The maximum absolute atomic E-state index is 12.4. The van der Waals surface area contributed by atoms with E-state index in [4.69, 9.17) is 9.47 Å². The molecule has 5 nitrogen and oxygen atoms in total. The van der Waals surface area contributed by atoms with Gasteiger partial charge in [0, 0.05) is 49.9 Å². The second-order valence-electron chi connectivity index (χ2n) is 6.91. The summed E-state index contributed by atoms with van der Waals surface area (Å²) in [6.07, 6.45) is 1.90. The minimum absolute atomic E-state index is 0.0754. The zero-order valence-electron chi connectivity index (χ0n) is 16.4. The van der Waals surface area contributed by atoms with Gasteiger partial charge < -0.3 is 14.4 Å². The van der Waals surface area contributed by atoms with Gasteiger partial charge in [-0.15, -0.1) is 0 Å². The van der Waals surface area contributed by atoms with E-state index in [0.29, 0.717) is 0 Å². The van der Waals surface area contributed by atoms with Crippen LogP contribution in [0.2, 0.25) is 0 Å². The second kappa shape index (κ2) is 8.91. The molecule has 144 valence electrons. The number of amides is 1. The maximum Gasteiger partial charge on any atom is 0.224 e. The van der Waals surface area contributed by atoms with E-state index in [1.54, 1.807) is 21.1 Å². The summed E-state index contributed by atoms with van der Waals surface area (Å²) in [4.78, 5) is 16.7. The number of hydrogen-bond donors (Lipinski definition) is 0. The first-order chi connectivity index (χ1) is 13.1. The molecule has 1 aliphatic heterocycles. The van der Waals surface area contributed by atoms with E-state index in [-0.39, 0.29) is 11.9 Å². The fourth-order valence-corrected chi connectivity index (χ4v) is 3.82. The molecule has 0 spiro atoms. The van der Waals surface area contributed by atoms with Crippen LogP contribution in [-0.4, -0.2) is 44.2 Å². The Kier molecular flexibility index (Phi) is 6.35. The first-order valence-electron chi connectivity index (χ1n) is 9.40. The quantitative estimate of drug-likeness (QED) is 0.779. The SMILES string of the molecule is COc1cccc(N(C(C)=O)C2CCN(Cc3ccccc3OC)CC2)c1. The Morgan fingerprint density at radius 2 is 1.81 bits per heavy atom. The molecule has 0 bridgehead atoms. The smallest absolute Gasteiger partial charge is 0.224 e. The fourth-order valence-electron chi connectivity index (χ4n) is 3.82. The van der Waals surface area contributed by atoms with E-state index in [1.165, 1.54) is 5.56 Å². The summed E-state index contributed by atoms with van der Waals surface area (Å²) < 4.78 is 10.8. The third kappa shape index (κ3) is 4.61. The molecule has 1 saturated heterocycles. The van der Waals surface area contributed by atoms with Gasteiger partial charge in [-0.1, -0.05) is 24.3 Å². The van der Waals surface area contributed by atoms with Crippen LogP contribution in [-0.2, 0) is 11.3 Å². The van der Waals surface area contributed by atoms with Gasteiger partial charge >= 0.3 is 0 Å². The molecule has 1 heterocycles. The van der Waals surface area contributed by atoms with E-state index in [1.807, 2.05) is 47.4 Å². The average molecular weight is 368 g/mol. The Morgan fingerprint density at radius 1 is 1.07 bits per heavy atom. The number of carbonyl (C=O) groups excluding carboxylic acids is 1. The van der Waals surface area contributed by atoms with E-state index in [9.17, 15) is 4.79 Å². The molecule has 1 amide bonds. The van der Waals surface area contributed by atoms with Gasteiger partial charge in [-0.05, 0) is 31.0 Å². The number of ether oxygens (including phenoxy) is 2. The number of anilines is 1. The summed E-state index contributed by atoms with van der Waals surface area (Å²) in [5.41, 5.74) is 2.11. The lowest BCUT2D eigenvalue weighted by Crippen LogP contribution is -2.46. The van der Waals surface area contributed by atoms with Crippen molar-refractivity contribution in [1.82, 2.24) is 4.90 Å². The number of likely N-dealkylation sites (tertiary alicyclic amines) is 1. The molecule has 0 N–H and O–H groups in total. The van der Waals surface area contributed by atoms with Crippen molar-refractivity contribution in [2.24, 2.45) is 0 Å². The fraction of sp³-hybridized carbons (Fsp3) is 0.409. The van der Waals surface area contributed by atoms with Crippen LogP contribution in [0.25, 0.3) is 0 Å². The van der Waals surface area contributed by atoms with Gasteiger partial charge in [0.1, 0.15) is 11.5 Å². The standard InChI is InChI=1S/C22H28N2O3/c1-17(25)24(20-8-6-9-21(15-20)26-2)19-11-13-23(14-12-19)16-18-7-4-5-10-22(18)27-3/h4-10,15,19H,11-14,16H2,1-3H3. The van der Waals surface area contributed by atoms with Crippen LogP contribution in [0.3, 0.4) is 0 Å². The van der Waals surface area contributed by atoms with E-state index in [2.05, 4.69) is 11.0 Å². The van der Waals surface area contributed by atoms with Crippen molar-refractivity contribution in [3.8, 4) is 11.5 Å². The summed E-state index contributed by atoms with van der Waals surface area (Å²) in [7, 11) is 3.36. The molecule has 0 aromatic heterocycles. The average Bonchev–Trinajstić information content (AvgIpc) is 2.70. The molecule has 27 heavy (non-hydrogen) atoms. The topological polar surface area (TPSA) is 42.0 Å². The highest BCUT2D eigenvalue weighted by Crippen LogP contribution is 2.28. The highest BCUT2D eigenvalue weighted by Gasteiger charge is 2.28. The predicted molar refractivity (Wildman–Crippen MR) is 107 cm³/mol. The molecule has 0 atom stereocenters. The number of rotatable bonds is 6. The lowest BCUT2D eigenvalue weighted by molar-refractivity contribution is -0.117. The molecule has 2 aromatic carbocycles. The normalized spacial score (nSPS) is 15.4. The van der Waals surface area contributed by atoms with Gasteiger partial charge in [-0.2, -0.15) is 0 Å². The lowest BCUT2D eigenvalue weighted by atomic mass is 10.0. The van der Waals surface area contributed by atoms with Crippen LogP contribution in [0.5, 0.6) is 11.5 Å². The minimum atomic E-state index is 0.0754. The van der Waals surface area contributed by atoms with Crippen molar-refractivity contribution in [3.05, 3.63) is 54.1 Å². The number of hydrogen-bond acceptors (Lipinski definition) is 4. The third-order valence-corrected chi connectivity index (χ3v) is 5.18. The van der Waals surface area contributed by atoms with Crippen LogP contribution in [0.4, 0.5) is 5.69 Å². The van der Waals surface area contributed by atoms with Crippen molar-refractivity contribution < 1.29 is 14.3 Å². The molecule has 0 saturated carbocycles. The molecular formula is C22H28N2O3. The van der Waals surface area contributed by atoms with Gasteiger partial charge in [0.25, 0.3) is 0 Å². The van der Waals surface area contributed by atoms with Crippen molar-refractivity contribution in [1.29, 1.82) is 0 Å². The molecular weight excluding hydrogens is 340 g/mol. The Bertz CT molecular complexity index is 770. The van der Waals surface area contributed by atoms with E-state index in [0.717, 1.165) is 49.7 Å². The van der Waals surface area contributed by atoms with Crippen LogP contribution in [0.1, 0.15) is 25.3 Å². The molecule has 2 aromatic rings. The summed E-state index contributed by atoms with van der Waals surface area (Å²) in [5, 5.41) is 0. The Morgan fingerprint density at radius 3 is 2.48 bits per heavy atom. The van der Waals surface area contributed by atoms with Crippen LogP contribution in [0, 0.1) is 0 Å². The zero-order chi connectivity index (χ0) is 19.2. The molecule has 1 fully saturated rings. The number of benzene rings is 2. The number of nitrogens with zero attached hydrogens (tertiary/aromatic N) is 2. The van der Waals surface area contributed by atoms with Gasteiger partial charge in [0.05, 0.1) is 14.2 Å². The summed E-state index contributed by atoms with van der Waals surface area (Å²) in [6, 6.07) is 16.1. The molecule has 5 heteroatoms. The number of methoxy groups -OCH3 is 2. The lowest BCUT2D eigenvalue weighted by Gasteiger charge is -2.38. The zero-order valence-corrected chi connectivity index (χ0v) is 16.4. The summed E-state index contributed by atoms with van der Waals surface area (Å²) in [6.45, 7) is 4.42. The maximum atomic E-state index is 12.4. The predicted octanol–water partition coefficient (Wildman–Crippen LogP) is 3.72. The largest absolute Gasteiger partial charge is 0.497 e. The van der Waals surface area contributed by atoms with Crippen molar-refractivity contribution >= 4 is 11.6 Å². The first kappa shape index (κ1) is 19.2. The number of para-hydroxylation sites is 1. The first-order valence-corrected chi connectivity index (χ1v) is 9.40. The molecule has 0 unspecified atom stereocenters. The minimum Gasteiger partial charge on any atom is -0.497 e. The molecule has 3 rings (SSSR count). The van der Waals surface area contributed by atoms with E-state index < -0.39 is 0 Å². The second-order valence-corrected chi connectivity index (χ2v) is 6.91. The number of piperidine rings is 1. The van der Waals surface area contributed by atoms with Gasteiger partial charge in [0.2, 0.25) is 5.91 Å². The monoisotopic (exact) mass is 368 g/mol. The Hall–Kier alpha value is -2.53. The Labute approximate surface area is 161 Å². The highest BCUT2D eigenvalue weighted by molar-refractivity contribution is 5.92. The van der Waals surface area contributed by atoms with Crippen molar-refractivity contribution in [2.45, 2.75) is 32.4 Å². The van der Waals surface area contributed by atoms with Crippen molar-refractivity contribution in [3.63, 3.8) is 0 Å². The molecule has 1 aliphatic rings.